The van der Waals surface area contributed by atoms with Crippen molar-refractivity contribution in [3.8, 4) is 0 Å². The molecule has 1 aliphatic carbocycles. The van der Waals surface area contributed by atoms with Gasteiger partial charge in [-0.25, -0.2) is 18.1 Å². The number of hydrogen-bond donors (Lipinski definition) is 2. The summed E-state index contributed by atoms with van der Waals surface area (Å²) in [6, 6.07) is 19.9. The zero-order chi connectivity index (χ0) is 31.8. The van der Waals surface area contributed by atoms with Gasteiger partial charge in [-0.2, -0.15) is 4.98 Å². The second kappa shape index (κ2) is 15.2. The van der Waals surface area contributed by atoms with E-state index < -0.39 is 10.0 Å². The molecule has 1 heterocycles. The Morgan fingerprint density at radius 3 is 2.07 bits per heavy atom. The smallest absolute Gasteiger partial charge is 0.241 e. The van der Waals surface area contributed by atoms with Gasteiger partial charge in [0, 0.05) is 62.1 Å². The Balaban J connectivity index is 1.19. The maximum absolute atomic E-state index is 13.7. The second-order valence-electron chi connectivity index (χ2n) is 12.7. The van der Waals surface area contributed by atoms with E-state index in [2.05, 4.69) is 47.0 Å². The number of para-hydroxylation sites is 1. The molecule has 2 N–H and O–H groups in total. The molecule has 1 fully saturated rings. The molecule has 0 amide bonds. The van der Waals surface area contributed by atoms with Gasteiger partial charge in [-0.05, 0) is 74.6 Å². The lowest BCUT2D eigenvalue weighted by Gasteiger charge is -2.29. The Hall–Kier alpha value is -3.43. The Morgan fingerprint density at radius 1 is 0.756 bits per heavy atom. The number of hydrogen-bond acceptors (Lipinski definition) is 7. The lowest BCUT2D eigenvalue weighted by Crippen LogP contribution is -2.32. The number of benzene rings is 3. The molecule has 45 heavy (non-hydrogen) atoms. The highest BCUT2D eigenvalue weighted by Crippen LogP contribution is 2.33. The fourth-order valence-corrected chi connectivity index (χ4v) is 7.82. The minimum absolute atomic E-state index is 0.331. The van der Waals surface area contributed by atoms with E-state index in [1.54, 1.807) is 6.07 Å². The van der Waals surface area contributed by atoms with E-state index in [1.165, 1.54) is 0 Å². The number of rotatable bonds is 15. The van der Waals surface area contributed by atoms with Crippen LogP contribution >= 0.6 is 0 Å². The third kappa shape index (κ3) is 8.05. The quantitative estimate of drug-likeness (QED) is 0.141. The predicted octanol–water partition coefficient (Wildman–Crippen LogP) is 7.45. The molecule has 1 aromatic heterocycles. The van der Waals surface area contributed by atoms with E-state index in [9.17, 15) is 8.42 Å². The van der Waals surface area contributed by atoms with Crippen LogP contribution in [-0.4, -0.2) is 58.7 Å². The van der Waals surface area contributed by atoms with E-state index >= 15 is 0 Å². The van der Waals surface area contributed by atoms with E-state index in [-0.39, 0.29) is 0 Å². The van der Waals surface area contributed by atoms with Crippen LogP contribution in [0.5, 0.6) is 0 Å². The van der Waals surface area contributed by atoms with Crippen LogP contribution in [-0.2, 0) is 10.0 Å². The lowest BCUT2D eigenvalue weighted by atomic mass is 9.82. The molecule has 0 unspecified atom stereocenters. The van der Waals surface area contributed by atoms with Crippen molar-refractivity contribution in [3.05, 3.63) is 60.7 Å². The number of sulfonamides is 1. The van der Waals surface area contributed by atoms with Crippen molar-refractivity contribution in [2.24, 2.45) is 11.8 Å². The molecule has 1 saturated carbocycles. The second-order valence-corrected chi connectivity index (χ2v) is 14.5. The molecule has 0 atom stereocenters. The third-order valence-corrected chi connectivity index (χ3v) is 10.6. The summed E-state index contributed by atoms with van der Waals surface area (Å²) in [4.78, 5) is 14.3. The highest BCUT2D eigenvalue weighted by atomic mass is 32.2. The van der Waals surface area contributed by atoms with Crippen molar-refractivity contribution in [2.75, 3.05) is 55.4 Å². The Kier molecular flexibility index (Phi) is 11.2. The van der Waals surface area contributed by atoms with Crippen molar-refractivity contribution in [1.29, 1.82) is 0 Å². The van der Waals surface area contributed by atoms with Crippen molar-refractivity contribution in [1.82, 2.24) is 14.7 Å². The lowest BCUT2D eigenvalue weighted by molar-refractivity contribution is 0.284. The first-order chi connectivity index (χ1) is 21.8. The van der Waals surface area contributed by atoms with Gasteiger partial charge in [0.15, 0.2) is 0 Å². The number of aromatic nitrogens is 2. The third-order valence-electron chi connectivity index (χ3n) is 9.14. The minimum atomic E-state index is -3.65. The Labute approximate surface area is 269 Å². The standard InChI is InChI=1S/C36H50N6O2S/c1-5-7-23-42(24-8-6-2)33-17-11-15-30-29(33)14-12-18-34(30)45(43,44)38-26-28-21-19-27(20-22-28)25-37-36-39-32-16-10-9-13-31(32)35(40-36)41(3)4/h9-18,27-28,38H,5-8,19-26H2,1-4H3,(H,37,39,40). The van der Waals surface area contributed by atoms with Gasteiger partial charge >= 0.3 is 0 Å². The molecule has 5 rings (SSSR count). The minimum Gasteiger partial charge on any atom is -0.371 e. The van der Waals surface area contributed by atoms with Gasteiger partial charge in [-0.3, -0.25) is 0 Å². The molecule has 8 nitrogen and oxygen atoms in total. The molecule has 0 spiro atoms. The highest BCUT2D eigenvalue weighted by molar-refractivity contribution is 7.89. The molecule has 0 radical (unpaired) electrons. The zero-order valence-corrected chi connectivity index (χ0v) is 28.2. The summed E-state index contributed by atoms with van der Waals surface area (Å²) in [6.07, 6.45) is 8.60. The number of fused-ring (bicyclic) bond motifs is 2. The largest absolute Gasteiger partial charge is 0.371 e. The van der Waals surface area contributed by atoms with Gasteiger partial charge in [0.05, 0.1) is 10.4 Å². The van der Waals surface area contributed by atoms with E-state index in [4.69, 9.17) is 9.97 Å². The van der Waals surface area contributed by atoms with Crippen molar-refractivity contribution in [3.63, 3.8) is 0 Å². The van der Waals surface area contributed by atoms with Crippen LogP contribution in [0.3, 0.4) is 0 Å². The topological polar surface area (TPSA) is 90.5 Å². The summed E-state index contributed by atoms with van der Waals surface area (Å²) in [5.41, 5.74) is 2.06. The molecule has 9 heteroatoms. The molecule has 0 bridgehead atoms. The summed E-state index contributed by atoms with van der Waals surface area (Å²) < 4.78 is 30.3. The van der Waals surface area contributed by atoms with Gasteiger partial charge in [-0.1, -0.05) is 63.1 Å². The van der Waals surface area contributed by atoms with Gasteiger partial charge in [-0.15, -0.1) is 0 Å². The zero-order valence-electron chi connectivity index (χ0n) is 27.4. The SMILES string of the molecule is CCCCN(CCCC)c1cccc2c(S(=O)(=O)NCC3CCC(CNc4nc(N(C)C)c5ccccc5n4)CC3)cccc12. The summed E-state index contributed by atoms with van der Waals surface area (Å²) in [5, 5.41) is 6.33. The first-order valence-corrected chi connectivity index (χ1v) is 18.2. The van der Waals surface area contributed by atoms with Crippen LogP contribution in [0.4, 0.5) is 17.5 Å². The van der Waals surface area contributed by atoms with Gasteiger partial charge in [0.25, 0.3) is 0 Å². The molecule has 0 aliphatic heterocycles. The van der Waals surface area contributed by atoms with Crippen LogP contribution in [0.1, 0.15) is 65.2 Å². The number of anilines is 3. The normalized spacial score (nSPS) is 17.1. The number of unbranched alkanes of at least 4 members (excludes halogenated alkanes) is 2. The molecular formula is C36H50N6O2S. The van der Waals surface area contributed by atoms with E-state index in [1.807, 2.05) is 55.4 Å². The fourth-order valence-electron chi connectivity index (χ4n) is 6.49. The fraction of sp³-hybridized carbons (Fsp3) is 0.500. The molecule has 0 saturated heterocycles. The van der Waals surface area contributed by atoms with Gasteiger partial charge < -0.3 is 15.1 Å². The van der Waals surface area contributed by atoms with Crippen LogP contribution < -0.4 is 19.8 Å². The monoisotopic (exact) mass is 630 g/mol. The Morgan fingerprint density at radius 2 is 1.38 bits per heavy atom. The van der Waals surface area contributed by atoms with Crippen molar-refractivity contribution >= 4 is 49.2 Å². The molecule has 242 valence electrons. The van der Waals surface area contributed by atoms with Crippen molar-refractivity contribution in [2.45, 2.75) is 70.1 Å². The average Bonchev–Trinajstić information content (AvgIpc) is 3.06. The van der Waals surface area contributed by atoms with Crippen LogP contribution in [0.2, 0.25) is 0 Å². The molecule has 1 aliphatic rings. The van der Waals surface area contributed by atoms with Crippen LogP contribution in [0.25, 0.3) is 21.7 Å². The first kappa shape index (κ1) is 32.9. The van der Waals surface area contributed by atoms with Crippen molar-refractivity contribution < 1.29 is 8.42 Å². The number of nitrogens with one attached hydrogen (secondary N) is 2. The summed E-state index contributed by atoms with van der Waals surface area (Å²) in [7, 11) is 0.352. The van der Waals surface area contributed by atoms with E-state index in [0.717, 1.165) is 104 Å². The summed E-state index contributed by atoms with van der Waals surface area (Å²) >= 11 is 0. The average molecular weight is 631 g/mol. The van der Waals surface area contributed by atoms with Crippen LogP contribution in [0, 0.1) is 11.8 Å². The first-order valence-electron chi connectivity index (χ1n) is 16.7. The summed E-state index contributed by atoms with van der Waals surface area (Å²) in [5.74, 6) is 2.41. The van der Waals surface area contributed by atoms with E-state index in [0.29, 0.717) is 29.2 Å². The maximum atomic E-state index is 13.7. The van der Waals surface area contributed by atoms with Gasteiger partial charge in [0.1, 0.15) is 5.82 Å². The number of nitrogens with zero attached hydrogens (tertiary/aromatic N) is 4. The predicted molar refractivity (Wildman–Crippen MR) is 189 cm³/mol. The highest BCUT2D eigenvalue weighted by Gasteiger charge is 2.25. The molecule has 4 aromatic rings. The summed E-state index contributed by atoms with van der Waals surface area (Å²) in [6.45, 7) is 7.67. The van der Waals surface area contributed by atoms with Gasteiger partial charge in [0.2, 0.25) is 16.0 Å². The maximum Gasteiger partial charge on any atom is 0.241 e. The molecular weight excluding hydrogens is 581 g/mol. The Bertz CT molecular complexity index is 1660. The van der Waals surface area contributed by atoms with Crippen LogP contribution in [0.15, 0.2) is 65.6 Å². The molecule has 3 aromatic carbocycles.